The molecule has 0 bridgehead atoms. The number of carbonyl (C=O) groups is 1. The molecule has 0 radical (unpaired) electrons. The van der Waals surface area contributed by atoms with Crippen LogP contribution in [0.2, 0.25) is 0 Å². The second-order valence-corrected chi connectivity index (χ2v) is 5.14. The maximum atomic E-state index is 10.6. The van der Waals surface area contributed by atoms with E-state index in [-0.39, 0.29) is 11.5 Å². The Kier molecular flexibility index (Phi) is 4.69. The molecule has 7 heteroatoms. The lowest BCUT2D eigenvalue weighted by atomic mass is 10.1. The number of hydrogen-bond acceptors (Lipinski definition) is 2. The van der Waals surface area contributed by atoms with Gasteiger partial charge in [0.15, 0.2) is 5.11 Å². The molecular weight excluding hydrogens is 360 g/mol. The summed E-state index contributed by atoms with van der Waals surface area (Å²) in [7, 11) is 0. The fraction of sp³-hybridized carbons (Fsp3) is 0.111. The molecule has 0 amide bonds. The van der Waals surface area contributed by atoms with Crippen LogP contribution in [-0.4, -0.2) is 16.2 Å². The Morgan fingerprint density at radius 1 is 1.44 bits per heavy atom. The zero-order chi connectivity index (χ0) is 12.3. The van der Waals surface area contributed by atoms with Crippen molar-refractivity contribution in [3.05, 3.63) is 26.6 Å². The molecule has 4 N–H and O–H groups in total. The summed E-state index contributed by atoms with van der Waals surface area (Å²) in [5.41, 5.74) is 6.73. The van der Waals surface area contributed by atoms with E-state index in [0.29, 0.717) is 20.2 Å². The number of nitrogens with two attached hydrogens (primary N) is 1. The molecule has 1 aromatic rings. The molecule has 1 aromatic carbocycles. The van der Waals surface area contributed by atoms with Crippen LogP contribution in [0.5, 0.6) is 0 Å². The molecule has 0 aliphatic carbocycles. The summed E-state index contributed by atoms with van der Waals surface area (Å²) < 4.78 is 1.40. The van der Waals surface area contributed by atoms with Gasteiger partial charge in [0.05, 0.1) is 12.1 Å². The number of halogens is 2. The van der Waals surface area contributed by atoms with Crippen molar-refractivity contribution in [2.45, 2.75) is 6.42 Å². The maximum absolute atomic E-state index is 10.6. The Morgan fingerprint density at radius 3 is 2.31 bits per heavy atom. The van der Waals surface area contributed by atoms with Gasteiger partial charge in [-0.15, -0.1) is 0 Å². The van der Waals surface area contributed by atoms with Crippen molar-refractivity contribution in [3.8, 4) is 0 Å². The molecule has 1 rings (SSSR count). The summed E-state index contributed by atoms with van der Waals surface area (Å²) in [5.74, 6) is -0.881. The van der Waals surface area contributed by atoms with Crippen LogP contribution in [0.4, 0.5) is 5.69 Å². The first kappa shape index (κ1) is 13.4. The molecule has 16 heavy (non-hydrogen) atoms. The lowest BCUT2D eigenvalue weighted by Gasteiger charge is -2.10. The lowest BCUT2D eigenvalue weighted by Crippen LogP contribution is -2.19. The van der Waals surface area contributed by atoms with Crippen LogP contribution < -0.4 is 11.1 Å². The van der Waals surface area contributed by atoms with E-state index in [4.69, 9.17) is 23.1 Å². The van der Waals surface area contributed by atoms with Gasteiger partial charge in [0.25, 0.3) is 0 Å². The standard InChI is InChI=1S/C9H8Br2N2O2S/c10-5-1-4(3-7(14)15)2-6(11)8(5)13-9(12)16/h1-2H,3H2,(H,14,15)(H3,12,13,16). The van der Waals surface area contributed by atoms with Crippen molar-refractivity contribution >= 4 is 60.8 Å². The predicted molar refractivity (Wildman–Crippen MR) is 73.6 cm³/mol. The van der Waals surface area contributed by atoms with Crippen LogP contribution in [0, 0.1) is 0 Å². The number of carboxylic acid groups (broad SMARTS) is 1. The second-order valence-electron chi connectivity index (χ2n) is 2.99. The largest absolute Gasteiger partial charge is 0.481 e. The summed E-state index contributed by atoms with van der Waals surface area (Å²) in [4.78, 5) is 10.6. The van der Waals surface area contributed by atoms with Gasteiger partial charge in [-0.25, -0.2) is 0 Å². The highest BCUT2D eigenvalue weighted by Gasteiger charge is 2.09. The molecule has 86 valence electrons. The minimum atomic E-state index is -0.881. The molecular formula is C9H8Br2N2O2S. The topological polar surface area (TPSA) is 75.3 Å². The number of anilines is 1. The van der Waals surface area contributed by atoms with Crippen LogP contribution in [0.1, 0.15) is 5.56 Å². The SMILES string of the molecule is NC(=S)Nc1c(Br)cc(CC(=O)O)cc1Br. The van der Waals surface area contributed by atoms with Crippen LogP contribution in [0.15, 0.2) is 21.1 Å². The third-order valence-corrected chi connectivity index (χ3v) is 3.06. The molecule has 0 spiro atoms. The van der Waals surface area contributed by atoms with Crippen molar-refractivity contribution in [2.75, 3.05) is 5.32 Å². The molecule has 0 aromatic heterocycles. The zero-order valence-electron chi connectivity index (χ0n) is 7.96. The van der Waals surface area contributed by atoms with Gasteiger partial charge < -0.3 is 16.2 Å². The molecule has 0 fully saturated rings. The quantitative estimate of drug-likeness (QED) is 0.715. The number of aliphatic carboxylic acids is 1. The maximum Gasteiger partial charge on any atom is 0.307 e. The smallest absolute Gasteiger partial charge is 0.307 e. The molecule has 0 aliphatic heterocycles. The van der Waals surface area contributed by atoms with Crippen molar-refractivity contribution < 1.29 is 9.90 Å². The van der Waals surface area contributed by atoms with Gasteiger partial charge in [-0.1, -0.05) is 0 Å². The average molecular weight is 368 g/mol. The Morgan fingerprint density at radius 2 is 1.94 bits per heavy atom. The predicted octanol–water partition coefficient (Wildman–Crippen LogP) is 2.49. The van der Waals surface area contributed by atoms with E-state index >= 15 is 0 Å². The number of nitrogens with one attached hydrogen (secondary N) is 1. The first-order valence-electron chi connectivity index (χ1n) is 4.16. The first-order chi connectivity index (χ1) is 7.40. The minimum absolute atomic E-state index is 0.0372. The lowest BCUT2D eigenvalue weighted by molar-refractivity contribution is -0.136. The number of rotatable bonds is 3. The van der Waals surface area contributed by atoms with Gasteiger partial charge in [-0.05, 0) is 61.8 Å². The van der Waals surface area contributed by atoms with E-state index < -0.39 is 5.97 Å². The van der Waals surface area contributed by atoms with Crippen LogP contribution in [-0.2, 0) is 11.2 Å². The molecule has 0 heterocycles. The summed E-state index contributed by atoms with van der Waals surface area (Å²) in [6.07, 6.45) is -0.0372. The third kappa shape index (κ3) is 3.73. The number of carboxylic acids is 1. The third-order valence-electron chi connectivity index (χ3n) is 1.71. The summed E-state index contributed by atoms with van der Waals surface area (Å²) in [6, 6.07) is 3.42. The van der Waals surface area contributed by atoms with Crippen molar-refractivity contribution in [1.82, 2.24) is 0 Å². The number of hydrogen-bond donors (Lipinski definition) is 3. The normalized spacial score (nSPS) is 9.88. The van der Waals surface area contributed by atoms with Gasteiger partial charge in [0.1, 0.15) is 0 Å². The molecule has 4 nitrogen and oxygen atoms in total. The van der Waals surface area contributed by atoms with Crippen LogP contribution in [0.25, 0.3) is 0 Å². The van der Waals surface area contributed by atoms with E-state index in [0.717, 1.165) is 0 Å². The molecule has 0 atom stereocenters. The second kappa shape index (κ2) is 5.60. The van der Waals surface area contributed by atoms with Gasteiger partial charge in [-0.3, -0.25) is 4.79 Å². The molecule has 0 saturated heterocycles. The average Bonchev–Trinajstić information content (AvgIpc) is 2.10. The monoisotopic (exact) mass is 366 g/mol. The highest BCUT2D eigenvalue weighted by molar-refractivity contribution is 9.11. The van der Waals surface area contributed by atoms with E-state index in [2.05, 4.69) is 37.2 Å². The Bertz CT molecular complexity index is 428. The van der Waals surface area contributed by atoms with Gasteiger partial charge in [0.2, 0.25) is 0 Å². The number of benzene rings is 1. The summed E-state index contributed by atoms with van der Waals surface area (Å²) >= 11 is 11.4. The van der Waals surface area contributed by atoms with Crippen LogP contribution >= 0.6 is 44.1 Å². The van der Waals surface area contributed by atoms with Crippen LogP contribution in [0.3, 0.4) is 0 Å². The first-order valence-corrected chi connectivity index (χ1v) is 6.15. The van der Waals surface area contributed by atoms with Gasteiger partial charge in [-0.2, -0.15) is 0 Å². The van der Waals surface area contributed by atoms with E-state index in [1.165, 1.54) is 0 Å². The van der Waals surface area contributed by atoms with Crippen molar-refractivity contribution in [2.24, 2.45) is 5.73 Å². The van der Waals surface area contributed by atoms with Crippen molar-refractivity contribution in [3.63, 3.8) is 0 Å². The van der Waals surface area contributed by atoms with E-state index in [1.807, 2.05) is 0 Å². The Hall–Kier alpha value is -0.660. The van der Waals surface area contributed by atoms with E-state index in [9.17, 15) is 4.79 Å². The highest BCUT2D eigenvalue weighted by Crippen LogP contribution is 2.32. The zero-order valence-corrected chi connectivity index (χ0v) is 11.9. The fourth-order valence-electron chi connectivity index (χ4n) is 1.14. The minimum Gasteiger partial charge on any atom is -0.481 e. The molecule has 0 aliphatic rings. The summed E-state index contributed by atoms with van der Waals surface area (Å²) in [5, 5.41) is 11.6. The summed E-state index contributed by atoms with van der Waals surface area (Å²) in [6.45, 7) is 0. The van der Waals surface area contributed by atoms with Gasteiger partial charge in [0, 0.05) is 8.95 Å². The van der Waals surface area contributed by atoms with Gasteiger partial charge >= 0.3 is 5.97 Å². The number of thiocarbonyl (C=S) groups is 1. The fourth-order valence-corrected chi connectivity index (χ4v) is 2.73. The Balaban J connectivity index is 3.06. The van der Waals surface area contributed by atoms with E-state index in [1.54, 1.807) is 12.1 Å². The highest BCUT2D eigenvalue weighted by atomic mass is 79.9. The Labute approximate surface area is 114 Å². The van der Waals surface area contributed by atoms with Crippen molar-refractivity contribution in [1.29, 1.82) is 0 Å². The molecule has 0 saturated carbocycles. The molecule has 0 unspecified atom stereocenters.